The third-order valence-electron chi connectivity index (χ3n) is 5.74. The van der Waals surface area contributed by atoms with Gasteiger partial charge in [-0.05, 0) is 31.4 Å². The van der Waals surface area contributed by atoms with Gasteiger partial charge in [-0.25, -0.2) is 0 Å². The van der Waals surface area contributed by atoms with E-state index >= 15 is 0 Å². The minimum absolute atomic E-state index is 0.0842. The zero-order chi connectivity index (χ0) is 20.4. The molecule has 4 rings (SSSR count). The van der Waals surface area contributed by atoms with Crippen LogP contribution in [0.25, 0.3) is 11.4 Å². The monoisotopic (exact) mass is 410 g/mol. The largest absolute Gasteiger partial charge is 0.416 e. The van der Waals surface area contributed by atoms with Crippen molar-refractivity contribution < 1.29 is 22.4 Å². The van der Waals surface area contributed by atoms with Gasteiger partial charge in [-0.2, -0.15) is 18.2 Å². The Morgan fingerprint density at radius 1 is 1.21 bits per heavy atom. The van der Waals surface area contributed by atoms with Gasteiger partial charge in [0.15, 0.2) is 0 Å². The third kappa shape index (κ3) is 4.79. The molecule has 2 aromatic rings. The normalized spacial score (nSPS) is 22.8. The summed E-state index contributed by atoms with van der Waals surface area (Å²) in [6.07, 6.45) is -3.27. The first kappa shape index (κ1) is 20.3. The number of ether oxygens (including phenoxy) is 1. The molecule has 2 aliphatic rings. The molecule has 0 radical (unpaired) electrons. The average molecular weight is 410 g/mol. The zero-order valence-electron chi connectivity index (χ0n) is 16.4. The number of nitrogens with zero attached hydrogens (tertiary/aromatic N) is 4. The van der Waals surface area contributed by atoms with Crippen LogP contribution >= 0.6 is 0 Å². The molecular formula is C20H25F3N4O2. The van der Waals surface area contributed by atoms with Crippen LogP contribution in [-0.4, -0.2) is 65.9 Å². The van der Waals surface area contributed by atoms with Gasteiger partial charge in [0.1, 0.15) is 0 Å². The summed E-state index contributed by atoms with van der Waals surface area (Å²) in [6.45, 7) is 8.49. The number of rotatable bonds is 5. The maximum atomic E-state index is 12.9. The van der Waals surface area contributed by atoms with E-state index in [-0.39, 0.29) is 11.9 Å². The van der Waals surface area contributed by atoms with Gasteiger partial charge < -0.3 is 14.2 Å². The van der Waals surface area contributed by atoms with Gasteiger partial charge in [-0.15, -0.1) is 0 Å². The lowest BCUT2D eigenvalue weighted by Crippen LogP contribution is -2.48. The van der Waals surface area contributed by atoms with Crippen LogP contribution in [0, 0.1) is 5.92 Å². The number of alkyl halides is 3. The second-order valence-corrected chi connectivity index (χ2v) is 7.78. The molecule has 1 aromatic heterocycles. The van der Waals surface area contributed by atoms with Gasteiger partial charge in [0.2, 0.25) is 11.7 Å². The summed E-state index contributed by atoms with van der Waals surface area (Å²) in [5.41, 5.74) is -0.427. The van der Waals surface area contributed by atoms with Crippen molar-refractivity contribution in [2.45, 2.75) is 25.6 Å². The summed E-state index contributed by atoms with van der Waals surface area (Å²) >= 11 is 0. The molecule has 9 heteroatoms. The Balaban J connectivity index is 1.37. The van der Waals surface area contributed by atoms with Crippen LogP contribution in [0.1, 0.15) is 30.8 Å². The van der Waals surface area contributed by atoms with Gasteiger partial charge in [-0.3, -0.25) is 4.90 Å². The SMILES string of the molecule is CC(c1nc(-c2cccc(C(F)(F)F)c2)no1)N1CCN(CC2CCOC2)CC1. The minimum atomic E-state index is -4.40. The molecule has 0 amide bonds. The molecule has 0 bridgehead atoms. The Morgan fingerprint density at radius 2 is 2.00 bits per heavy atom. The summed E-state index contributed by atoms with van der Waals surface area (Å²) in [4.78, 5) is 9.10. The number of hydrogen-bond donors (Lipinski definition) is 0. The van der Waals surface area contributed by atoms with Crippen LogP contribution in [0.4, 0.5) is 13.2 Å². The fraction of sp³-hybridized carbons (Fsp3) is 0.600. The lowest BCUT2D eigenvalue weighted by molar-refractivity contribution is -0.137. The van der Waals surface area contributed by atoms with Crippen LogP contribution in [0.5, 0.6) is 0 Å². The molecular weight excluding hydrogens is 385 g/mol. The topological polar surface area (TPSA) is 54.6 Å². The van der Waals surface area contributed by atoms with Crippen LogP contribution < -0.4 is 0 Å². The highest BCUT2D eigenvalue weighted by molar-refractivity contribution is 5.55. The Bertz CT molecular complexity index is 812. The van der Waals surface area contributed by atoms with Crippen LogP contribution in [0.15, 0.2) is 28.8 Å². The highest BCUT2D eigenvalue weighted by atomic mass is 19.4. The average Bonchev–Trinajstić information content (AvgIpc) is 3.40. The van der Waals surface area contributed by atoms with Crippen molar-refractivity contribution in [1.29, 1.82) is 0 Å². The molecule has 29 heavy (non-hydrogen) atoms. The summed E-state index contributed by atoms with van der Waals surface area (Å²) in [5, 5.41) is 3.90. The summed E-state index contributed by atoms with van der Waals surface area (Å²) in [7, 11) is 0. The van der Waals surface area contributed by atoms with E-state index in [2.05, 4.69) is 19.9 Å². The van der Waals surface area contributed by atoms with E-state index in [0.717, 1.165) is 64.5 Å². The van der Waals surface area contributed by atoms with E-state index < -0.39 is 11.7 Å². The van der Waals surface area contributed by atoms with E-state index in [1.165, 1.54) is 6.07 Å². The zero-order valence-corrected chi connectivity index (χ0v) is 16.4. The van der Waals surface area contributed by atoms with Crippen molar-refractivity contribution >= 4 is 0 Å². The molecule has 6 nitrogen and oxygen atoms in total. The maximum absolute atomic E-state index is 12.9. The van der Waals surface area contributed by atoms with Gasteiger partial charge in [-0.1, -0.05) is 17.3 Å². The standard InChI is InChI=1S/C20H25F3N4O2/c1-14(27-8-6-26(7-9-27)12-15-5-10-28-13-15)19-24-18(25-29-19)16-3-2-4-17(11-16)20(21,22)23/h2-4,11,14-15H,5-10,12-13H2,1H3. The van der Waals surface area contributed by atoms with Crippen LogP contribution in [0.3, 0.4) is 0 Å². The van der Waals surface area contributed by atoms with Gasteiger partial charge >= 0.3 is 6.18 Å². The van der Waals surface area contributed by atoms with E-state index in [0.29, 0.717) is 17.4 Å². The predicted molar refractivity (Wildman–Crippen MR) is 100 cm³/mol. The Morgan fingerprint density at radius 3 is 2.69 bits per heavy atom. The number of aromatic nitrogens is 2. The first-order valence-corrected chi connectivity index (χ1v) is 9.95. The van der Waals surface area contributed by atoms with Gasteiger partial charge in [0, 0.05) is 44.9 Å². The van der Waals surface area contributed by atoms with E-state index in [9.17, 15) is 13.2 Å². The highest BCUT2D eigenvalue weighted by Crippen LogP contribution is 2.32. The molecule has 2 atom stereocenters. The molecule has 0 spiro atoms. The lowest BCUT2D eigenvalue weighted by Gasteiger charge is -2.37. The Kier molecular flexibility index (Phi) is 5.89. The fourth-order valence-corrected chi connectivity index (χ4v) is 3.94. The molecule has 2 aliphatic heterocycles. The van der Waals surface area contributed by atoms with Crippen molar-refractivity contribution in [3.8, 4) is 11.4 Å². The van der Waals surface area contributed by atoms with Crippen molar-refractivity contribution in [2.24, 2.45) is 5.92 Å². The predicted octanol–water partition coefficient (Wildman–Crippen LogP) is 3.47. The first-order valence-electron chi connectivity index (χ1n) is 9.95. The van der Waals surface area contributed by atoms with Crippen LogP contribution in [-0.2, 0) is 10.9 Å². The van der Waals surface area contributed by atoms with Gasteiger partial charge in [0.25, 0.3) is 0 Å². The second-order valence-electron chi connectivity index (χ2n) is 7.78. The molecule has 158 valence electrons. The quantitative estimate of drug-likeness (QED) is 0.753. The van der Waals surface area contributed by atoms with Crippen molar-refractivity contribution in [3.05, 3.63) is 35.7 Å². The number of halogens is 3. The van der Waals surface area contributed by atoms with Gasteiger partial charge in [0.05, 0.1) is 18.2 Å². The first-order chi connectivity index (χ1) is 13.9. The van der Waals surface area contributed by atoms with Crippen LogP contribution in [0.2, 0.25) is 0 Å². The molecule has 0 N–H and O–H groups in total. The van der Waals surface area contributed by atoms with Crippen molar-refractivity contribution in [1.82, 2.24) is 19.9 Å². The molecule has 3 heterocycles. The minimum Gasteiger partial charge on any atom is -0.381 e. The Hall–Kier alpha value is -1.97. The summed E-state index contributed by atoms with van der Waals surface area (Å²) < 4.78 is 49.6. The number of piperazine rings is 1. The van der Waals surface area contributed by atoms with E-state index in [1.54, 1.807) is 6.07 Å². The molecule has 1 aromatic carbocycles. The smallest absolute Gasteiger partial charge is 0.381 e. The molecule has 0 saturated carbocycles. The number of hydrogen-bond acceptors (Lipinski definition) is 6. The molecule has 2 unspecified atom stereocenters. The number of benzene rings is 1. The third-order valence-corrected chi connectivity index (χ3v) is 5.74. The Labute approximate surface area is 167 Å². The molecule has 2 saturated heterocycles. The van der Waals surface area contributed by atoms with Crippen molar-refractivity contribution in [2.75, 3.05) is 45.9 Å². The lowest BCUT2D eigenvalue weighted by atomic mass is 10.1. The highest BCUT2D eigenvalue weighted by Gasteiger charge is 2.31. The fourth-order valence-electron chi connectivity index (χ4n) is 3.94. The summed E-state index contributed by atoms with van der Waals surface area (Å²) in [6, 6.07) is 4.90. The maximum Gasteiger partial charge on any atom is 0.416 e. The summed E-state index contributed by atoms with van der Waals surface area (Å²) in [5.74, 6) is 1.23. The van der Waals surface area contributed by atoms with E-state index in [1.807, 2.05) is 6.92 Å². The molecule has 0 aliphatic carbocycles. The molecule has 2 fully saturated rings. The second kappa shape index (κ2) is 8.41. The van der Waals surface area contributed by atoms with E-state index in [4.69, 9.17) is 9.26 Å². The van der Waals surface area contributed by atoms with Crippen molar-refractivity contribution in [3.63, 3.8) is 0 Å².